The normalized spacial score (nSPS) is 35.5. The first-order valence-corrected chi connectivity index (χ1v) is 12.4. The van der Waals surface area contributed by atoms with E-state index >= 15 is 0 Å². The summed E-state index contributed by atoms with van der Waals surface area (Å²) >= 11 is 0. The van der Waals surface area contributed by atoms with E-state index in [0.29, 0.717) is 6.61 Å². The van der Waals surface area contributed by atoms with Crippen molar-refractivity contribution in [3.8, 4) is 0 Å². The lowest BCUT2D eigenvalue weighted by atomic mass is 9.77. The van der Waals surface area contributed by atoms with Gasteiger partial charge in [0.25, 0.3) is 0 Å². The molecule has 0 bridgehead atoms. The second-order valence-electron chi connectivity index (χ2n) is 10.2. The summed E-state index contributed by atoms with van der Waals surface area (Å²) in [4.78, 5) is 15.5. The zero-order valence-corrected chi connectivity index (χ0v) is 18.7. The van der Waals surface area contributed by atoms with E-state index in [4.69, 9.17) is 14.2 Å². The van der Waals surface area contributed by atoms with Gasteiger partial charge in [-0.1, -0.05) is 30.3 Å². The van der Waals surface area contributed by atoms with Crippen molar-refractivity contribution in [1.29, 1.82) is 0 Å². The van der Waals surface area contributed by atoms with Gasteiger partial charge >= 0.3 is 6.09 Å². The minimum absolute atomic E-state index is 0.0877. The third-order valence-corrected chi connectivity index (χ3v) is 8.31. The van der Waals surface area contributed by atoms with Gasteiger partial charge in [0.2, 0.25) is 0 Å². The maximum atomic E-state index is 13.4. The standard InChI is InChI=1S/C26H37NO4/c28-24(29-20-21-6-2-1-3-7-21)27(22-8-14-25(15-9-22)12-4-18-30-25)23-10-16-26(17-11-23)13-5-19-31-26/h1-3,6-7,22-23H,4-5,8-20H2. The smallest absolute Gasteiger partial charge is 0.410 e. The summed E-state index contributed by atoms with van der Waals surface area (Å²) in [7, 11) is 0. The fourth-order valence-electron chi connectivity index (χ4n) is 6.50. The van der Waals surface area contributed by atoms with Gasteiger partial charge in [0, 0.05) is 25.3 Å². The molecule has 4 aliphatic rings. The summed E-state index contributed by atoms with van der Waals surface area (Å²) < 4.78 is 18.1. The summed E-state index contributed by atoms with van der Waals surface area (Å²) in [5, 5.41) is 0. The first-order valence-electron chi connectivity index (χ1n) is 12.4. The molecule has 5 heteroatoms. The van der Waals surface area contributed by atoms with Crippen LogP contribution in [0, 0.1) is 0 Å². The number of rotatable bonds is 4. The topological polar surface area (TPSA) is 48.0 Å². The SMILES string of the molecule is O=C(OCc1ccccc1)N(C1CCC2(CCCO2)CC1)C1CCC2(CCCO2)CC1. The first kappa shape index (κ1) is 21.3. The Morgan fingerprint density at radius 3 is 1.81 bits per heavy atom. The number of nitrogens with zero attached hydrogens (tertiary/aromatic N) is 1. The third-order valence-electron chi connectivity index (χ3n) is 8.31. The van der Waals surface area contributed by atoms with Crippen molar-refractivity contribution in [2.75, 3.05) is 13.2 Å². The lowest BCUT2D eigenvalue weighted by Crippen LogP contribution is -2.53. The molecule has 2 aliphatic heterocycles. The summed E-state index contributed by atoms with van der Waals surface area (Å²) in [5.74, 6) is 0. The molecule has 2 saturated carbocycles. The number of ether oxygens (including phenoxy) is 3. The van der Waals surface area contributed by atoms with Crippen molar-refractivity contribution in [3.05, 3.63) is 35.9 Å². The fourth-order valence-corrected chi connectivity index (χ4v) is 6.50. The molecule has 0 aromatic heterocycles. The molecule has 0 N–H and O–H groups in total. The largest absolute Gasteiger partial charge is 0.445 e. The van der Waals surface area contributed by atoms with Crippen molar-refractivity contribution in [2.45, 2.75) is 107 Å². The highest BCUT2D eigenvalue weighted by molar-refractivity contribution is 5.68. The van der Waals surface area contributed by atoms with Crippen LogP contribution in [0.5, 0.6) is 0 Å². The maximum Gasteiger partial charge on any atom is 0.410 e. The molecule has 2 saturated heterocycles. The second-order valence-corrected chi connectivity index (χ2v) is 10.2. The molecule has 5 rings (SSSR count). The van der Waals surface area contributed by atoms with Crippen LogP contribution in [0.25, 0.3) is 0 Å². The van der Waals surface area contributed by atoms with E-state index in [1.54, 1.807) is 0 Å². The second kappa shape index (κ2) is 9.11. The Labute approximate surface area is 186 Å². The Morgan fingerprint density at radius 2 is 1.35 bits per heavy atom. The Hall–Kier alpha value is -1.59. The van der Waals surface area contributed by atoms with Gasteiger partial charge in [-0.2, -0.15) is 0 Å². The summed E-state index contributed by atoms with van der Waals surface area (Å²) in [5.41, 5.74) is 1.22. The van der Waals surface area contributed by atoms with Crippen molar-refractivity contribution in [2.24, 2.45) is 0 Å². The van der Waals surface area contributed by atoms with Gasteiger partial charge in [-0.15, -0.1) is 0 Å². The van der Waals surface area contributed by atoms with E-state index in [1.807, 2.05) is 30.3 Å². The highest BCUT2D eigenvalue weighted by atomic mass is 16.6. The molecular formula is C26H37NO4. The van der Waals surface area contributed by atoms with Crippen molar-refractivity contribution >= 4 is 6.09 Å². The monoisotopic (exact) mass is 427 g/mol. The molecule has 0 radical (unpaired) electrons. The molecule has 1 amide bonds. The highest BCUT2D eigenvalue weighted by Crippen LogP contribution is 2.44. The molecule has 4 fully saturated rings. The Balaban J connectivity index is 1.26. The number of benzene rings is 1. The van der Waals surface area contributed by atoms with Crippen LogP contribution >= 0.6 is 0 Å². The molecular weight excluding hydrogens is 390 g/mol. The predicted molar refractivity (Wildman–Crippen MR) is 119 cm³/mol. The lowest BCUT2D eigenvalue weighted by molar-refractivity contribution is -0.0641. The Kier molecular flexibility index (Phi) is 6.25. The summed E-state index contributed by atoms with van der Waals surface area (Å²) in [6.45, 7) is 2.14. The van der Waals surface area contributed by atoms with Crippen LogP contribution in [-0.2, 0) is 20.8 Å². The quantitative estimate of drug-likeness (QED) is 0.627. The van der Waals surface area contributed by atoms with Crippen LogP contribution in [0.1, 0.15) is 82.6 Å². The molecule has 1 aromatic rings. The molecule has 31 heavy (non-hydrogen) atoms. The van der Waals surface area contributed by atoms with Gasteiger partial charge in [-0.05, 0) is 82.6 Å². The number of hydrogen-bond acceptors (Lipinski definition) is 4. The van der Waals surface area contributed by atoms with Crippen LogP contribution in [-0.4, -0.2) is 47.5 Å². The number of carbonyl (C=O) groups is 1. The van der Waals surface area contributed by atoms with Crippen LogP contribution < -0.4 is 0 Å². The van der Waals surface area contributed by atoms with E-state index in [2.05, 4.69) is 4.90 Å². The molecule has 5 nitrogen and oxygen atoms in total. The van der Waals surface area contributed by atoms with Crippen LogP contribution in [0.2, 0.25) is 0 Å². The minimum atomic E-state index is -0.134. The van der Waals surface area contributed by atoms with Crippen LogP contribution in [0.4, 0.5) is 4.79 Å². The first-order chi connectivity index (χ1) is 15.2. The molecule has 1 aromatic carbocycles. The Bertz CT molecular complexity index is 683. The van der Waals surface area contributed by atoms with Gasteiger partial charge in [-0.25, -0.2) is 4.79 Å². The molecule has 2 heterocycles. The van der Waals surface area contributed by atoms with Crippen molar-refractivity contribution in [1.82, 2.24) is 4.90 Å². The van der Waals surface area contributed by atoms with E-state index in [1.165, 1.54) is 25.7 Å². The van der Waals surface area contributed by atoms with Gasteiger partial charge < -0.3 is 19.1 Å². The highest BCUT2D eigenvalue weighted by Gasteiger charge is 2.46. The summed E-state index contributed by atoms with van der Waals surface area (Å²) in [6, 6.07) is 10.5. The van der Waals surface area contributed by atoms with Crippen molar-refractivity contribution in [3.63, 3.8) is 0 Å². The van der Waals surface area contributed by atoms with Gasteiger partial charge in [-0.3, -0.25) is 0 Å². The fraction of sp³-hybridized carbons (Fsp3) is 0.731. The summed E-state index contributed by atoms with van der Waals surface area (Å²) in [6.07, 6.45) is 13.0. The average Bonchev–Trinajstić information content (AvgIpc) is 3.46. The van der Waals surface area contributed by atoms with Crippen LogP contribution in [0.3, 0.4) is 0 Å². The molecule has 2 spiro atoms. The van der Waals surface area contributed by atoms with Crippen molar-refractivity contribution < 1.29 is 19.0 Å². The molecule has 2 aliphatic carbocycles. The van der Waals surface area contributed by atoms with E-state index in [0.717, 1.165) is 70.1 Å². The maximum absolute atomic E-state index is 13.4. The molecule has 170 valence electrons. The zero-order valence-electron chi connectivity index (χ0n) is 18.7. The van der Waals surface area contributed by atoms with Gasteiger partial charge in [0.15, 0.2) is 0 Å². The van der Waals surface area contributed by atoms with E-state index in [-0.39, 0.29) is 29.4 Å². The Morgan fingerprint density at radius 1 is 0.839 bits per heavy atom. The number of amides is 1. The zero-order chi connectivity index (χ0) is 21.2. The van der Waals surface area contributed by atoms with E-state index in [9.17, 15) is 4.79 Å². The van der Waals surface area contributed by atoms with E-state index < -0.39 is 0 Å². The number of hydrogen-bond donors (Lipinski definition) is 0. The van der Waals surface area contributed by atoms with Gasteiger partial charge in [0.1, 0.15) is 6.61 Å². The lowest BCUT2D eigenvalue weighted by Gasteiger charge is -2.46. The molecule has 0 unspecified atom stereocenters. The molecule has 0 atom stereocenters. The average molecular weight is 428 g/mol. The third kappa shape index (κ3) is 4.63. The van der Waals surface area contributed by atoms with Crippen LogP contribution in [0.15, 0.2) is 30.3 Å². The van der Waals surface area contributed by atoms with Gasteiger partial charge in [0.05, 0.1) is 11.2 Å². The minimum Gasteiger partial charge on any atom is -0.445 e. The predicted octanol–water partition coefficient (Wildman–Crippen LogP) is 5.61. The number of carbonyl (C=O) groups excluding carboxylic acids is 1.